The molecule has 0 atom stereocenters. The summed E-state index contributed by atoms with van der Waals surface area (Å²) in [6, 6.07) is 0. The van der Waals surface area contributed by atoms with Crippen LogP contribution in [-0.2, 0) is 4.79 Å². The van der Waals surface area contributed by atoms with Gasteiger partial charge in [-0.3, -0.25) is 4.79 Å². The van der Waals surface area contributed by atoms with Gasteiger partial charge in [0.25, 0.3) is 0 Å². The molecule has 0 aromatic rings. The predicted molar refractivity (Wildman–Crippen MR) is 57.2 cm³/mol. The Labute approximate surface area is 90.4 Å². The zero-order valence-corrected chi connectivity index (χ0v) is 9.33. The molecule has 0 aromatic heterocycles. The molecule has 0 spiro atoms. The van der Waals surface area contributed by atoms with Gasteiger partial charge in [0, 0.05) is 12.0 Å². The van der Waals surface area contributed by atoms with Crippen LogP contribution in [0.4, 0.5) is 0 Å². The van der Waals surface area contributed by atoms with E-state index in [-0.39, 0.29) is 11.4 Å². The van der Waals surface area contributed by atoms with Gasteiger partial charge in [0.05, 0.1) is 18.7 Å². The first-order chi connectivity index (χ1) is 6.90. The van der Waals surface area contributed by atoms with Crippen molar-refractivity contribution in [3.8, 4) is 0 Å². The van der Waals surface area contributed by atoms with Gasteiger partial charge in [0.15, 0.2) is 0 Å². The number of hydrogen-bond donors (Lipinski definition) is 2. The second kappa shape index (κ2) is 3.46. The van der Waals surface area contributed by atoms with E-state index in [1.54, 1.807) is 11.8 Å². The summed E-state index contributed by atoms with van der Waals surface area (Å²) in [6.07, 6.45) is 4.65. The highest BCUT2D eigenvalue weighted by Gasteiger charge is 2.41. The Bertz CT molecular complexity index is 262. The molecule has 1 aliphatic heterocycles. The van der Waals surface area contributed by atoms with Crippen LogP contribution in [0.25, 0.3) is 0 Å². The molecule has 2 aliphatic rings. The maximum atomic E-state index is 11.8. The molecule has 0 radical (unpaired) electrons. The van der Waals surface area contributed by atoms with Crippen LogP contribution in [0.1, 0.15) is 39.0 Å². The molecule has 0 aromatic carbocycles. The number of aliphatic hydroxyl groups is 1. The Morgan fingerprint density at radius 2 is 1.93 bits per heavy atom. The average Bonchev–Trinajstić information content (AvgIpc) is 2.47. The van der Waals surface area contributed by atoms with Crippen molar-refractivity contribution in [1.29, 1.82) is 0 Å². The van der Waals surface area contributed by atoms with Gasteiger partial charge in [0.2, 0.25) is 5.91 Å². The van der Waals surface area contributed by atoms with Crippen molar-refractivity contribution in [3.63, 3.8) is 0 Å². The lowest BCUT2D eigenvalue weighted by atomic mass is 9.91. The highest BCUT2D eigenvalue weighted by atomic mass is 16.3. The Morgan fingerprint density at radius 3 is 2.40 bits per heavy atom. The van der Waals surface area contributed by atoms with Crippen molar-refractivity contribution < 1.29 is 9.90 Å². The van der Waals surface area contributed by atoms with Crippen LogP contribution >= 0.6 is 0 Å². The summed E-state index contributed by atoms with van der Waals surface area (Å²) in [4.78, 5) is 13.5. The molecule has 3 N–H and O–H groups in total. The number of carbonyl (C=O) groups excluding carboxylic acids is 1. The number of rotatable bonds is 2. The molecule has 1 amide bonds. The minimum absolute atomic E-state index is 0.103. The predicted octanol–water partition coefficient (Wildman–Crippen LogP) is 0.241. The summed E-state index contributed by atoms with van der Waals surface area (Å²) >= 11 is 0. The molecule has 4 heteroatoms. The molecule has 15 heavy (non-hydrogen) atoms. The Morgan fingerprint density at radius 1 is 1.40 bits per heavy atom. The molecule has 1 heterocycles. The van der Waals surface area contributed by atoms with Gasteiger partial charge in [0.1, 0.15) is 0 Å². The van der Waals surface area contributed by atoms with Crippen molar-refractivity contribution in [1.82, 2.24) is 4.90 Å². The lowest BCUT2D eigenvalue weighted by Gasteiger charge is -2.45. The van der Waals surface area contributed by atoms with Crippen LogP contribution < -0.4 is 5.73 Å². The van der Waals surface area contributed by atoms with Gasteiger partial charge in [-0.2, -0.15) is 0 Å². The maximum Gasteiger partial charge on any atom is 0.224 e. The minimum Gasteiger partial charge on any atom is -0.386 e. The third-order valence-corrected chi connectivity index (χ3v) is 3.52. The minimum atomic E-state index is -0.674. The van der Waals surface area contributed by atoms with Crippen LogP contribution in [0.15, 0.2) is 0 Å². The molecule has 0 unspecified atom stereocenters. The summed E-state index contributed by atoms with van der Waals surface area (Å²) < 4.78 is 0. The highest BCUT2D eigenvalue weighted by molar-refractivity contribution is 5.78. The topological polar surface area (TPSA) is 66.6 Å². The molecule has 1 saturated carbocycles. The number of carbonyl (C=O) groups is 1. The van der Waals surface area contributed by atoms with E-state index in [0.29, 0.717) is 19.5 Å². The summed E-state index contributed by atoms with van der Waals surface area (Å²) in [6.45, 7) is 2.67. The van der Waals surface area contributed by atoms with Crippen molar-refractivity contribution in [2.45, 2.75) is 50.2 Å². The van der Waals surface area contributed by atoms with Crippen molar-refractivity contribution in [2.24, 2.45) is 5.73 Å². The smallest absolute Gasteiger partial charge is 0.224 e. The lowest BCUT2D eigenvalue weighted by Crippen LogP contribution is -2.62. The van der Waals surface area contributed by atoms with Crippen LogP contribution in [0.5, 0.6) is 0 Å². The molecular weight excluding hydrogens is 192 g/mol. The fourth-order valence-corrected chi connectivity index (χ4v) is 2.62. The Balaban J connectivity index is 1.83. The van der Waals surface area contributed by atoms with Gasteiger partial charge in [-0.25, -0.2) is 0 Å². The van der Waals surface area contributed by atoms with Crippen molar-refractivity contribution >= 4 is 5.91 Å². The first-order valence-electron chi connectivity index (χ1n) is 5.69. The number of likely N-dealkylation sites (tertiary alicyclic amines) is 1. The molecule has 0 bridgehead atoms. The maximum absolute atomic E-state index is 11.8. The van der Waals surface area contributed by atoms with E-state index in [9.17, 15) is 9.90 Å². The lowest BCUT2D eigenvalue weighted by molar-refractivity contribution is -0.153. The third-order valence-electron chi connectivity index (χ3n) is 3.52. The fraction of sp³-hybridized carbons (Fsp3) is 0.909. The van der Waals surface area contributed by atoms with Crippen LogP contribution in [0, 0.1) is 0 Å². The average molecular weight is 212 g/mol. The van der Waals surface area contributed by atoms with Crippen molar-refractivity contribution in [3.05, 3.63) is 0 Å². The van der Waals surface area contributed by atoms with Gasteiger partial charge >= 0.3 is 0 Å². The quantitative estimate of drug-likeness (QED) is 0.689. The molecule has 2 fully saturated rings. The van der Waals surface area contributed by atoms with Gasteiger partial charge in [-0.05, 0) is 19.8 Å². The summed E-state index contributed by atoms with van der Waals surface area (Å²) in [5.41, 5.74) is 5.20. The number of nitrogens with two attached hydrogens (primary N) is 1. The van der Waals surface area contributed by atoms with E-state index in [0.717, 1.165) is 25.7 Å². The first kappa shape index (κ1) is 10.9. The molecule has 86 valence electrons. The van der Waals surface area contributed by atoms with Crippen LogP contribution in [0.3, 0.4) is 0 Å². The first-order valence-corrected chi connectivity index (χ1v) is 5.69. The second-order valence-electron chi connectivity index (χ2n) is 5.49. The number of nitrogens with zero attached hydrogens (tertiary/aromatic N) is 1. The molecule has 1 saturated heterocycles. The molecule has 2 rings (SSSR count). The third kappa shape index (κ3) is 2.32. The van der Waals surface area contributed by atoms with E-state index in [1.807, 2.05) is 0 Å². The van der Waals surface area contributed by atoms with Crippen LogP contribution in [-0.4, -0.2) is 40.1 Å². The van der Waals surface area contributed by atoms with E-state index in [4.69, 9.17) is 5.73 Å². The molecule has 1 aliphatic carbocycles. The SMILES string of the molecule is CC1(O)CN(C(=O)CC2(N)CCCC2)C1. The second-order valence-corrected chi connectivity index (χ2v) is 5.49. The summed E-state index contributed by atoms with van der Waals surface area (Å²) in [7, 11) is 0. The van der Waals surface area contributed by atoms with E-state index < -0.39 is 5.60 Å². The summed E-state index contributed by atoms with van der Waals surface area (Å²) in [5, 5.41) is 9.53. The highest BCUT2D eigenvalue weighted by Crippen LogP contribution is 2.32. The van der Waals surface area contributed by atoms with Gasteiger partial charge in [-0.1, -0.05) is 12.8 Å². The Hall–Kier alpha value is -0.610. The number of hydrogen-bond acceptors (Lipinski definition) is 3. The number of amides is 1. The molecule has 4 nitrogen and oxygen atoms in total. The standard InChI is InChI=1S/C11H20N2O2/c1-10(15)7-13(8-10)9(14)6-11(12)4-2-3-5-11/h15H,2-8,12H2,1H3. The number of β-amino-alcohol motifs (C(OH)–C–C–N with tert-alkyl or cyclic N) is 1. The summed E-state index contributed by atoms with van der Waals surface area (Å²) in [5.74, 6) is 0.103. The zero-order chi connectivity index (χ0) is 11.1. The zero-order valence-electron chi connectivity index (χ0n) is 9.33. The van der Waals surface area contributed by atoms with Crippen molar-refractivity contribution in [2.75, 3.05) is 13.1 Å². The van der Waals surface area contributed by atoms with E-state index >= 15 is 0 Å². The van der Waals surface area contributed by atoms with E-state index in [1.165, 1.54) is 0 Å². The normalized spacial score (nSPS) is 27.5. The Kier molecular flexibility index (Phi) is 2.51. The van der Waals surface area contributed by atoms with Gasteiger partial charge < -0.3 is 15.7 Å². The monoisotopic (exact) mass is 212 g/mol. The van der Waals surface area contributed by atoms with E-state index in [2.05, 4.69) is 0 Å². The van der Waals surface area contributed by atoms with Crippen LogP contribution in [0.2, 0.25) is 0 Å². The fourth-order valence-electron chi connectivity index (χ4n) is 2.62. The van der Waals surface area contributed by atoms with Gasteiger partial charge in [-0.15, -0.1) is 0 Å². The largest absolute Gasteiger partial charge is 0.386 e. The molecular formula is C11H20N2O2.